The van der Waals surface area contributed by atoms with Crippen LogP contribution in [0.15, 0.2) is 53.7 Å². The number of nitrogens with zero attached hydrogens (tertiary/aromatic N) is 6. The van der Waals surface area contributed by atoms with E-state index < -0.39 is 40.2 Å². The van der Waals surface area contributed by atoms with E-state index in [1.807, 2.05) is 23.0 Å². The summed E-state index contributed by atoms with van der Waals surface area (Å²) in [5.41, 5.74) is -3.03. The lowest BCUT2D eigenvalue weighted by Crippen LogP contribution is -2.38. The Morgan fingerprint density at radius 3 is 2.56 bits per heavy atom. The number of aromatic nitrogens is 6. The summed E-state index contributed by atoms with van der Waals surface area (Å²) in [5.74, 6) is -0.538. The topological polar surface area (TPSA) is 202 Å². The van der Waals surface area contributed by atoms with E-state index in [1.54, 1.807) is 18.2 Å². The highest BCUT2D eigenvalue weighted by Crippen LogP contribution is 2.23. The first-order valence-corrected chi connectivity index (χ1v) is 10.6. The molecular formula is C21H22N8O7. The molecule has 0 unspecified atom stereocenters. The van der Waals surface area contributed by atoms with Gasteiger partial charge in [0.05, 0.1) is 6.54 Å². The number of hydrogen-bond acceptors (Lipinski definition) is 10. The molecule has 4 aromatic rings. The number of aromatic hydroxyl groups is 1. The fourth-order valence-electron chi connectivity index (χ4n) is 3.50. The van der Waals surface area contributed by atoms with Crippen LogP contribution < -0.4 is 27.2 Å². The number of hydrogen-bond donors (Lipinski definition) is 4. The van der Waals surface area contributed by atoms with Crippen molar-refractivity contribution >= 4 is 22.8 Å². The van der Waals surface area contributed by atoms with Gasteiger partial charge in [0.25, 0.3) is 17.1 Å². The van der Waals surface area contributed by atoms with E-state index >= 15 is 0 Å². The van der Waals surface area contributed by atoms with Crippen LogP contribution in [0.4, 0.5) is 11.6 Å². The summed E-state index contributed by atoms with van der Waals surface area (Å²) in [6.07, 6.45) is -1.15. The molecule has 15 heteroatoms. The molecule has 0 bridgehead atoms. The Balaban J connectivity index is 1.77. The number of rotatable bonds is 7. The molecule has 3 aromatic heterocycles. The van der Waals surface area contributed by atoms with Crippen molar-refractivity contribution in [1.29, 1.82) is 0 Å². The van der Waals surface area contributed by atoms with Crippen molar-refractivity contribution in [1.82, 2.24) is 28.7 Å². The van der Waals surface area contributed by atoms with Crippen molar-refractivity contribution in [3.05, 3.63) is 71.5 Å². The number of aliphatic hydroxyl groups excluding tert-OH is 1. The molecule has 0 saturated heterocycles. The van der Waals surface area contributed by atoms with Crippen molar-refractivity contribution < 1.29 is 14.9 Å². The number of aryl methyl sites for hydroxylation is 2. The molecule has 0 aliphatic heterocycles. The summed E-state index contributed by atoms with van der Waals surface area (Å²) >= 11 is 0. The van der Waals surface area contributed by atoms with E-state index in [0.29, 0.717) is 5.75 Å². The van der Waals surface area contributed by atoms with Gasteiger partial charge in [-0.2, -0.15) is 4.98 Å². The van der Waals surface area contributed by atoms with Crippen LogP contribution in [0.1, 0.15) is 5.56 Å². The van der Waals surface area contributed by atoms with Gasteiger partial charge in [0.1, 0.15) is 18.5 Å². The first-order chi connectivity index (χ1) is 17.1. The molecule has 4 N–H and O–H groups in total. The highest BCUT2D eigenvalue weighted by atomic mass is 16.5. The number of imidazole rings is 1. The molecule has 3 heterocycles. The second kappa shape index (κ2) is 9.46. The lowest BCUT2D eigenvalue weighted by atomic mass is 10.2. The Bertz CT molecular complexity index is 1720. The van der Waals surface area contributed by atoms with E-state index in [1.165, 1.54) is 18.7 Å². The molecular weight excluding hydrogens is 476 g/mol. The lowest BCUT2D eigenvalue weighted by Gasteiger charge is -2.14. The molecule has 0 aliphatic rings. The standard InChI is InChI=1S/C21H22N8O7/c1-10-5-4-6-12(7-10)36-9-11(30)8-29-14-15(27(2)21(35)28(3)18(14)33)22-19(29)26-25-13-16(31)23-20(34)24-17(13)32/h4-7,11,30H,8-9H2,1-3H3,(H3,23,24,31,32,34)/t11-/m0/s1. The van der Waals surface area contributed by atoms with Gasteiger partial charge >= 0.3 is 11.4 Å². The molecule has 1 atom stereocenters. The van der Waals surface area contributed by atoms with Gasteiger partial charge in [0, 0.05) is 14.1 Å². The third kappa shape index (κ3) is 4.58. The molecule has 0 aliphatic carbocycles. The highest BCUT2D eigenvalue weighted by Gasteiger charge is 2.22. The number of nitrogens with one attached hydrogen (secondary N) is 2. The van der Waals surface area contributed by atoms with Crippen molar-refractivity contribution in [2.24, 2.45) is 24.3 Å². The molecule has 1 aromatic carbocycles. The minimum Gasteiger partial charge on any atom is -0.493 e. The molecule has 188 valence electrons. The number of fused-ring (bicyclic) bond motifs is 1. The predicted molar refractivity (Wildman–Crippen MR) is 126 cm³/mol. The van der Waals surface area contributed by atoms with Gasteiger partial charge in [-0.1, -0.05) is 12.1 Å². The van der Waals surface area contributed by atoms with E-state index in [4.69, 9.17) is 4.74 Å². The Kier molecular flexibility index (Phi) is 6.39. The molecule has 4 rings (SSSR count). The fraction of sp³-hybridized carbons (Fsp3) is 0.286. The van der Waals surface area contributed by atoms with Crippen LogP contribution in [0, 0.1) is 6.92 Å². The number of aliphatic hydroxyl groups is 1. The molecule has 15 nitrogen and oxygen atoms in total. The molecule has 0 radical (unpaired) electrons. The summed E-state index contributed by atoms with van der Waals surface area (Å²) in [6, 6.07) is 7.21. The van der Waals surface area contributed by atoms with Crippen molar-refractivity contribution in [3.8, 4) is 11.6 Å². The second-order valence-corrected chi connectivity index (χ2v) is 7.99. The highest BCUT2D eigenvalue weighted by molar-refractivity contribution is 5.73. The number of azo groups is 1. The Morgan fingerprint density at radius 1 is 1.11 bits per heavy atom. The number of H-pyrrole nitrogens is 2. The minimum absolute atomic E-state index is 0.0385. The van der Waals surface area contributed by atoms with Crippen molar-refractivity contribution in [2.75, 3.05) is 6.61 Å². The predicted octanol–water partition coefficient (Wildman–Crippen LogP) is -0.320. The number of benzene rings is 1. The average Bonchev–Trinajstić information content (AvgIpc) is 3.17. The Hall–Kier alpha value is -4.79. The fourth-order valence-corrected chi connectivity index (χ4v) is 3.50. The summed E-state index contributed by atoms with van der Waals surface area (Å²) in [6.45, 7) is 1.51. The van der Waals surface area contributed by atoms with Crippen LogP contribution in [0.25, 0.3) is 11.2 Å². The van der Waals surface area contributed by atoms with Crippen molar-refractivity contribution in [2.45, 2.75) is 19.6 Å². The van der Waals surface area contributed by atoms with E-state index in [0.717, 1.165) is 14.7 Å². The molecule has 0 amide bonds. The monoisotopic (exact) mass is 498 g/mol. The molecule has 0 fully saturated rings. The first kappa shape index (κ1) is 24.3. The van der Waals surface area contributed by atoms with Crippen LogP contribution in [-0.4, -0.2) is 51.6 Å². The third-order valence-corrected chi connectivity index (χ3v) is 5.29. The zero-order valence-corrected chi connectivity index (χ0v) is 19.4. The number of aromatic amines is 2. The van der Waals surface area contributed by atoms with Crippen LogP contribution in [0.3, 0.4) is 0 Å². The van der Waals surface area contributed by atoms with Gasteiger partial charge < -0.3 is 14.9 Å². The summed E-state index contributed by atoms with van der Waals surface area (Å²) in [7, 11) is 2.69. The van der Waals surface area contributed by atoms with E-state index in [-0.39, 0.29) is 30.3 Å². The van der Waals surface area contributed by atoms with Gasteiger partial charge in [0.15, 0.2) is 11.2 Å². The quantitative estimate of drug-likeness (QED) is 0.248. The Labute approximate surface area is 200 Å². The Morgan fingerprint density at radius 2 is 1.86 bits per heavy atom. The van der Waals surface area contributed by atoms with Crippen LogP contribution in [-0.2, 0) is 20.6 Å². The summed E-state index contributed by atoms with van der Waals surface area (Å²) in [5, 5.41) is 28.0. The zero-order valence-electron chi connectivity index (χ0n) is 19.4. The maximum atomic E-state index is 12.9. The smallest absolute Gasteiger partial charge is 0.332 e. The van der Waals surface area contributed by atoms with Crippen LogP contribution in [0.2, 0.25) is 0 Å². The van der Waals surface area contributed by atoms with E-state index in [2.05, 4.69) is 15.2 Å². The molecule has 0 saturated carbocycles. The SMILES string of the molecule is Cc1cccc(OC[C@@H](O)Cn2c(N=Nc3c(O)[nH]c(=O)[nH]c3=O)nc3c2c(=O)n(C)c(=O)n3C)c1. The summed E-state index contributed by atoms with van der Waals surface area (Å²) < 4.78 is 8.84. The van der Waals surface area contributed by atoms with E-state index in [9.17, 15) is 29.4 Å². The second-order valence-electron chi connectivity index (χ2n) is 7.99. The van der Waals surface area contributed by atoms with Crippen LogP contribution >= 0.6 is 0 Å². The third-order valence-electron chi connectivity index (χ3n) is 5.29. The van der Waals surface area contributed by atoms with Crippen molar-refractivity contribution in [3.63, 3.8) is 0 Å². The normalized spacial score (nSPS) is 12.4. The maximum absolute atomic E-state index is 12.9. The average molecular weight is 498 g/mol. The van der Waals surface area contributed by atoms with Gasteiger partial charge in [-0.15, -0.1) is 10.2 Å². The first-order valence-electron chi connectivity index (χ1n) is 10.6. The molecule has 0 spiro atoms. The minimum atomic E-state index is -1.15. The van der Waals surface area contributed by atoms with Gasteiger partial charge in [0.2, 0.25) is 11.6 Å². The molecule has 36 heavy (non-hydrogen) atoms. The van der Waals surface area contributed by atoms with Gasteiger partial charge in [-0.05, 0) is 24.6 Å². The zero-order chi connectivity index (χ0) is 26.1. The van der Waals surface area contributed by atoms with Crippen LogP contribution in [0.5, 0.6) is 11.6 Å². The lowest BCUT2D eigenvalue weighted by molar-refractivity contribution is 0.0937. The van der Waals surface area contributed by atoms with Gasteiger partial charge in [-0.25, -0.2) is 9.59 Å². The summed E-state index contributed by atoms with van der Waals surface area (Å²) in [4.78, 5) is 56.6. The maximum Gasteiger partial charge on any atom is 0.332 e. The van der Waals surface area contributed by atoms with Gasteiger partial charge in [-0.3, -0.25) is 33.3 Å². The number of ether oxygens (including phenoxy) is 1. The largest absolute Gasteiger partial charge is 0.493 e.